The van der Waals surface area contributed by atoms with Gasteiger partial charge in [0.1, 0.15) is 0 Å². The molecule has 0 aliphatic carbocycles. The fourth-order valence-electron chi connectivity index (χ4n) is 1.54. The van der Waals surface area contributed by atoms with Gasteiger partial charge < -0.3 is 5.73 Å². The van der Waals surface area contributed by atoms with E-state index in [1.165, 1.54) is 57.8 Å². The van der Waals surface area contributed by atoms with Crippen molar-refractivity contribution in [3.8, 4) is 0 Å². The van der Waals surface area contributed by atoms with E-state index in [1.54, 1.807) is 0 Å². The summed E-state index contributed by atoms with van der Waals surface area (Å²) in [4.78, 5) is 0. The SMILES string of the molecule is CCCCCCCCCC[CH]CN. The van der Waals surface area contributed by atoms with Crippen LogP contribution in [0.2, 0.25) is 0 Å². The molecule has 0 aliphatic rings. The molecule has 79 valence electrons. The standard InChI is InChI=1S/C12H26N/c1-2-3-4-5-6-7-8-9-10-11-12-13/h11H,2-10,12-13H2,1H3. The van der Waals surface area contributed by atoms with Crippen molar-refractivity contribution in [2.24, 2.45) is 5.73 Å². The van der Waals surface area contributed by atoms with Crippen LogP contribution in [0.1, 0.15) is 64.7 Å². The summed E-state index contributed by atoms with van der Waals surface area (Å²) >= 11 is 0. The molecule has 13 heavy (non-hydrogen) atoms. The molecule has 0 bridgehead atoms. The van der Waals surface area contributed by atoms with Gasteiger partial charge in [0, 0.05) is 0 Å². The lowest BCUT2D eigenvalue weighted by molar-refractivity contribution is 0.573. The van der Waals surface area contributed by atoms with E-state index in [-0.39, 0.29) is 0 Å². The first kappa shape index (κ1) is 13.0. The normalized spacial score (nSPS) is 10.6. The Bertz CT molecular complexity index is 71.2. The third-order valence-electron chi connectivity index (χ3n) is 2.43. The maximum atomic E-state index is 5.37. The highest BCUT2D eigenvalue weighted by atomic mass is 14.5. The van der Waals surface area contributed by atoms with Crippen molar-refractivity contribution in [2.45, 2.75) is 64.7 Å². The van der Waals surface area contributed by atoms with E-state index >= 15 is 0 Å². The van der Waals surface area contributed by atoms with Crippen LogP contribution in [0.3, 0.4) is 0 Å². The van der Waals surface area contributed by atoms with Crippen molar-refractivity contribution >= 4 is 0 Å². The maximum absolute atomic E-state index is 5.37. The van der Waals surface area contributed by atoms with Crippen molar-refractivity contribution in [2.75, 3.05) is 6.54 Å². The van der Waals surface area contributed by atoms with E-state index in [4.69, 9.17) is 5.73 Å². The minimum Gasteiger partial charge on any atom is -0.330 e. The summed E-state index contributed by atoms with van der Waals surface area (Å²) in [6.45, 7) is 3.01. The molecule has 0 aromatic carbocycles. The summed E-state index contributed by atoms with van der Waals surface area (Å²) in [5.74, 6) is 0. The molecule has 0 atom stereocenters. The number of rotatable bonds is 10. The van der Waals surface area contributed by atoms with Crippen LogP contribution in [-0.2, 0) is 0 Å². The topological polar surface area (TPSA) is 26.0 Å². The molecule has 2 N–H and O–H groups in total. The second-order valence-electron chi connectivity index (χ2n) is 3.79. The van der Waals surface area contributed by atoms with E-state index < -0.39 is 0 Å². The Hall–Kier alpha value is -0.0400. The third-order valence-corrected chi connectivity index (χ3v) is 2.43. The molecule has 1 nitrogen and oxygen atoms in total. The monoisotopic (exact) mass is 184 g/mol. The van der Waals surface area contributed by atoms with Crippen molar-refractivity contribution in [1.82, 2.24) is 0 Å². The van der Waals surface area contributed by atoms with Crippen LogP contribution in [-0.4, -0.2) is 6.54 Å². The van der Waals surface area contributed by atoms with Crippen LogP contribution in [0.15, 0.2) is 0 Å². The number of hydrogen-bond donors (Lipinski definition) is 1. The van der Waals surface area contributed by atoms with E-state index in [1.807, 2.05) is 0 Å². The maximum Gasteiger partial charge on any atom is -0.00457 e. The van der Waals surface area contributed by atoms with Crippen molar-refractivity contribution in [1.29, 1.82) is 0 Å². The van der Waals surface area contributed by atoms with E-state index in [2.05, 4.69) is 13.3 Å². The molecular weight excluding hydrogens is 158 g/mol. The Morgan fingerprint density at radius 2 is 1.38 bits per heavy atom. The Morgan fingerprint density at radius 1 is 0.846 bits per heavy atom. The summed E-state index contributed by atoms with van der Waals surface area (Å²) in [7, 11) is 0. The van der Waals surface area contributed by atoms with Gasteiger partial charge in [-0.1, -0.05) is 58.3 Å². The highest BCUT2D eigenvalue weighted by molar-refractivity contribution is 4.64. The highest BCUT2D eigenvalue weighted by Crippen LogP contribution is 2.09. The predicted octanol–water partition coefficient (Wildman–Crippen LogP) is 3.68. The van der Waals surface area contributed by atoms with Crippen LogP contribution < -0.4 is 5.73 Å². The largest absolute Gasteiger partial charge is 0.330 e. The lowest BCUT2D eigenvalue weighted by Crippen LogP contribution is -1.98. The second-order valence-corrected chi connectivity index (χ2v) is 3.79. The van der Waals surface area contributed by atoms with Crippen LogP contribution in [0.25, 0.3) is 0 Å². The van der Waals surface area contributed by atoms with Gasteiger partial charge in [0.2, 0.25) is 0 Å². The summed E-state index contributed by atoms with van der Waals surface area (Å²) in [5, 5.41) is 0. The van der Waals surface area contributed by atoms with Crippen molar-refractivity contribution < 1.29 is 0 Å². The summed E-state index contributed by atoms with van der Waals surface area (Å²) in [5.41, 5.74) is 5.37. The Morgan fingerprint density at radius 3 is 1.92 bits per heavy atom. The molecule has 0 aromatic rings. The molecule has 0 rings (SSSR count). The first-order chi connectivity index (χ1) is 6.41. The molecule has 0 aliphatic heterocycles. The third kappa shape index (κ3) is 12.0. The lowest BCUT2D eigenvalue weighted by Gasteiger charge is -2.00. The molecule has 0 heterocycles. The summed E-state index contributed by atoms with van der Waals surface area (Å²) in [6, 6.07) is 0. The minimum absolute atomic E-state index is 0.747. The van der Waals surface area contributed by atoms with Gasteiger partial charge in [-0.2, -0.15) is 0 Å². The number of hydrogen-bond acceptors (Lipinski definition) is 1. The zero-order chi connectivity index (χ0) is 9.78. The predicted molar refractivity (Wildman–Crippen MR) is 60.6 cm³/mol. The molecule has 1 radical (unpaired) electrons. The van der Waals surface area contributed by atoms with Gasteiger partial charge >= 0.3 is 0 Å². The molecule has 0 saturated heterocycles. The molecule has 1 heteroatoms. The second kappa shape index (κ2) is 12.0. The average molecular weight is 184 g/mol. The van der Waals surface area contributed by atoms with Gasteiger partial charge in [0.25, 0.3) is 0 Å². The van der Waals surface area contributed by atoms with E-state index in [0.29, 0.717) is 0 Å². The Balaban J connectivity index is 2.76. The Labute approximate surface area is 84.1 Å². The smallest absolute Gasteiger partial charge is 0.00457 e. The summed E-state index contributed by atoms with van der Waals surface area (Å²) in [6.07, 6.45) is 14.6. The van der Waals surface area contributed by atoms with Gasteiger partial charge in [-0.05, 0) is 19.4 Å². The van der Waals surface area contributed by atoms with Gasteiger partial charge in [-0.3, -0.25) is 0 Å². The fraction of sp³-hybridized carbons (Fsp3) is 0.917. The minimum atomic E-state index is 0.747. The molecular formula is C12H26N. The quantitative estimate of drug-likeness (QED) is 0.515. The van der Waals surface area contributed by atoms with E-state index in [0.717, 1.165) is 6.54 Å². The number of unbranched alkanes of at least 4 members (excludes halogenated alkanes) is 9. The van der Waals surface area contributed by atoms with Crippen LogP contribution in [0.4, 0.5) is 0 Å². The molecule has 0 saturated carbocycles. The molecule has 0 amide bonds. The van der Waals surface area contributed by atoms with Crippen LogP contribution in [0, 0.1) is 6.42 Å². The van der Waals surface area contributed by atoms with Gasteiger partial charge in [-0.25, -0.2) is 0 Å². The zero-order valence-corrected chi connectivity index (χ0v) is 9.23. The van der Waals surface area contributed by atoms with Crippen molar-refractivity contribution in [3.05, 3.63) is 6.42 Å². The van der Waals surface area contributed by atoms with Gasteiger partial charge in [0.05, 0.1) is 0 Å². The average Bonchev–Trinajstić information content (AvgIpc) is 2.16. The summed E-state index contributed by atoms with van der Waals surface area (Å²) < 4.78 is 0. The first-order valence-corrected chi connectivity index (χ1v) is 5.93. The highest BCUT2D eigenvalue weighted by Gasteiger charge is 1.91. The number of nitrogens with two attached hydrogens (primary N) is 1. The lowest BCUT2D eigenvalue weighted by atomic mass is 10.1. The van der Waals surface area contributed by atoms with Crippen LogP contribution >= 0.6 is 0 Å². The molecule has 0 aromatic heterocycles. The van der Waals surface area contributed by atoms with Crippen molar-refractivity contribution in [3.63, 3.8) is 0 Å². The molecule has 0 fully saturated rings. The van der Waals surface area contributed by atoms with Gasteiger partial charge in [0.15, 0.2) is 0 Å². The zero-order valence-electron chi connectivity index (χ0n) is 9.23. The first-order valence-electron chi connectivity index (χ1n) is 5.93. The fourth-order valence-corrected chi connectivity index (χ4v) is 1.54. The Kier molecular flexibility index (Phi) is 11.9. The van der Waals surface area contributed by atoms with E-state index in [9.17, 15) is 0 Å². The molecule has 0 unspecified atom stereocenters. The van der Waals surface area contributed by atoms with Gasteiger partial charge in [-0.15, -0.1) is 0 Å². The van der Waals surface area contributed by atoms with Crippen LogP contribution in [0.5, 0.6) is 0 Å². The molecule has 0 spiro atoms.